The highest BCUT2D eigenvalue weighted by atomic mass is 16.3. The van der Waals surface area contributed by atoms with Gasteiger partial charge in [0.2, 0.25) is 5.91 Å². The predicted molar refractivity (Wildman–Crippen MR) is 93.3 cm³/mol. The van der Waals surface area contributed by atoms with Gasteiger partial charge in [0.15, 0.2) is 0 Å². The van der Waals surface area contributed by atoms with E-state index in [-0.39, 0.29) is 17.4 Å². The van der Waals surface area contributed by atoms with E-state index in [0.29, 0.717) is 18.2 Å². The van der Waals surface area contributed by atoms with Gasteiger partial charge in [-0.25, -0.2) is 0 Å². The lowest BCUT2D eigenvalue weighted by molar-refractivity contribution is -0.134. The summed E-state index contributed by atoms with van der Waals surface area (Å²) in [6.45, 7) is 10.1. The molecule has 0 saturated carbocycles. The van der Waals surface area contributed by atoms with Gasteiger partial charge < -0.3 is 15.3 Å². The van der Waals surface area contributed by atoms with E-state index in [1.807, 2.05) is 17.0 Å². The lowest BCUT2D eigenvalue weighted by atomic mass is 9.91. The molecule has 1 aromatic carbocycles. The highest BCUT2D eigenvalue weighted by Crippen LogP contribution is 2.23. The van der Waals surface area contributed by atoms with Crippen molar-refractivity contribution in [2.75, 3.05) is 13.1 Å². The van der Waals surface area contributed by atoms with E-state index in [1.165, 1.54) is 0 Å². The van der Waals surface area contributed by atoms with Crippen LogP contribution in [0, 0.1) is 5.41 Å². The fourth-order valence-corrected chi connectivity index (χ4v) is 3.10. The maximum atomic E-state index is 12.3. The zero-order valence-corrected chi connectivity index (χ0v) is 14.8. The maximum Gasteiger partial charge on any atom is 0.223 e. The van der Waals surface area contributed by atoms with E-state index in [2.05, 4.69) is 33.0 Å². The molecule has 1 fully saturated rings. The Labute approximate surface area is 139 Å². The van der Waals surface area contributed by atoms with E-state index in [9.17, 15) is 9.90 Å². The first-order valence-corrected chi connectivity index (χ1v) is 8.57. The number of amides is 1. The Morgan fingerprint density at radius 2 is 2.00 bits per heavy atom. The van der Waals surface area contributed by atoms with Gasteiger partial charge in [-0.2, -0.15) is 0 Å². The molecule has 23 heavy (non-hydrogen) atoms. The zero-order valence-electron chi connectivity index (χ0n) is 14.8. The number of phenolic OH excluding ortho intramolecular Hbond substituents is 1. The maximum absolute atomic E-state index is 12.3. The summed E-state index contributed by atoms with van der Waals surface area (Å²) in [5, 5.41) is 13.2. The van der Waals surface area contributed by atoms with Crippen LogP contribution in [0.15, 0.2) is 24.3 Å². The zero-order chi connectivity index (χ0) is 17.0. The first kappa shape index (κ1) is 17.8. The Bertz CT molecular complexity index is 528. The van der Waals surface area contributed by atoms with Gasteiger partial charge in [0.1, 0.15) is 5.75 Å². The summed E-state index contributed by atoms with van der Waals surface area (Å²) in [4.78, 5) is 14.3. The van der Waals surface area contributed by atoms with Crippen molar-refractivity contribution in [3.63, 3.8) is 0 Å². The van der Waals surface area contributed by atoms with Gasteiger partial charge in [0.05, 0.1) is 0 Å². The third-order valence-corrected chi connectivity index (χ3v) is 4.39. The second-order valence-electron chi connectivity index (χ2n) is 7.88. The van der Waals surface area contributed by atoms with E-state index >= 15 is 0 Å². The quantitative estimate of drug-likeness (QED) is 0.894. The molecular weight excluding hydrogens is 288 g/mol. The largest absolute Gasteiger partial charge is 0.508 e. The number of phenols is 1. The number of aromatic hydroxyl groups is 1. The van der Waals surface area contributed by atoms with Crippen LogP contribution in [0.2, 0.25) is 0 Å². The number of nitrogens with zero attached hydrogens (tertiary/aromatic N) is 1. The molecule has 128 valence electrons. The molecule has 0 unspecified atom stereocenters. The van der Waals surface area contributed by atoms with Gasteiger partial charge >= 0.3 is 0 Å². The number of benzene rings is 1. The summed E-state index contributed by atoms with van der Waals surface area (Å²) >= 11 is 0. The average molecular weight is 318 g/mol. The van der Waals surface area contributed by atoms with Crippen LogP contribution in [0.1, 0.15) is 58.6 Å². The van der Waals surface area contributed by atoms with E-state index in [0.717, 1.165) is 31.5 Å². The van der Waals surface area contributed by atoms with Crippen molar-refractivity contribution < 1.29 is 9.90 Å². The van der Waals surface area contributed by atoms with Crippen LogP contribution in [0.25, 0.3) is 0 Å². The Morgan fingerprint density at radius 1 is 1.35 bits per heavy atom. The normalized spacial score (nSPS) is 18.0. The number of likely N-dealkylation sites (tertiary alicyclic amines) is 1. The molecule has 0 aromatic heterocycles. The number of carbonyl (C=O) groups is 1. The average Bonchev–Trinajstić information content (AvgIpc) is 2.46. The Morgan fingerprint density at radius 3 is 2.57 bits per heavy atom. The molecule has 1 amide bonds. The lowest BCUT2D eigenvalue weighted by Crippen LogP contribution is -2.46. The molecule has 1 saturated heterocycles. The molecule has 0 radical (unpaired) electrons. The SMILES string of the molecule is C[C@@H](NC1CCN(C(=O)CC(C)(C)C)CC1)c1cccc(O)c1. The molecule has 0 aliphatic carbocycles. The summed E-state index contributed by atoms with van der Waals surface area (Å²) in [5.74, 6) is 0.579. The first-order valence-electron chi connectivity index (χ1n) is 8.57. The fraction of sp³-hybridized carbons (Fsp3) is 0.632. The minimum absolute atomic E-state index is 0.0516. The second kappa shape index (κ2) is 7.35. The highest BCUT2D eigenvalue weighted by Gasteiger charge is 2.26. The molecule has 1 aliphatic heterocycles. The summed E-state index contributed by atoms with van der Waals surface area (Å²) < 4.78 is 0. The Kier molecular flexibility index (Phi) is 5.69. The number of hydrogen-bond donors (Lipinski definition) is 2. The van der Waals surface area contributed by atoms with Crippen molar-refractivity contribution in [2.45, 2.75) is 59.0 Å². The van der Waals surface area contributed by atoms with Gasteiger partial charge in [0, 0.05) is 31.6 Å². The Hall–Kier alpha value is -1.55. The van der Waals surface area contributed by atoms with Crippen LogP contribution in [0.3, 0.4) is 0 Å². The summed E-state index contributed by atoms with van der Waals surface area (Å²) in [5.41, 5.74) is 1.15. The first-order chi connectivity index (χ1) is 10.7. The summed E-state index contributed by atoms with van der Waals surface area (Å²) in [6, 6.07) is 8.01. The molecule has 0 bridgehead atoms. The van der Waals surface area contributed by atoms with Crippen molar-refractivity contribution >= 4 is 5.91 Å². The van der Waals surface area contributed by atoms with Gasteiger partial charge in [-0.3, -0.25) is 4.79 Å². The molecule has 1 aliphatic rings. The van der Waals surface area contributed by atoms with Gasteiger partial charge in [0.25, 0.3) is 0 Å². The van der Waals surface area contributed by atoms with E-state index in [4.69, 9.17) is 0 Å². The predicted octanol–water partition coefficient (Wildman–Crippen LogP) is 3.47. The minimum atomic E-state index is 0.0516. The molecule has 0 spiro atoms. The van der Waals surface area contributed by atoms with Gasteiger partial charge in [-0.15, -0.1) is 0 Å². The Balaban J connectivity index is 1.81. The number of hydrogen-bond acceptors (Lipinski definition) is 3. The highest BCUT2D eigenvalue weighted by molar-refractivity contribution is 5.76. The van der Waals surface area contributed by atoms with Crippen LogP contribution >= 0.6 is 0 Å². The van der Waals surface area contributed by atoms with Gasteiger partial charge in [-0.05, 0) is 42.9 Å². The third-order valence-electron chi connectivity index (χ3n) is 4.39. The third kappa shape index (κ3) is 5.54. The smallest absolute Gasteiger partial charge is 0.223 e. The van der Waals surface area contributed by atoms with Crippen molar-refractivity contribution in [1.82, 2.24) is 10.2 Å². The molecule has 2 N–H and O–H groups in total. The number of piperidine rings is 1. The molecule has 1 atom stereocenters. The van der Waals surface area contributed by atoms with Crippen LogP contribution in [-0.4, -0.2) is 35.0 Å². The van der Waals surface area contributed by atoms with Crippen molar-refractivity contribution in [3.05, 3.63) is 29.8 Å². The summed E-state index contributed by atoms with van der Waals surface area (Å²) in [6.07, 6.45) is 2.59. The van der Waals surface area contributed by atoms with E-state index < -0.39 is 0 Å². The topological polar surface area (TPSA) is 52.6 Å². The monoisotopic (exact) mass is 318 g/mol. The summed E-state index contributed by atoms with van der Waals surface area (Å²) in [7, 11) is 0. The van der Waals surface area contributed by atoms with Crippen LogP contribution in [0.4, 0.5) is 0 Å². The van der Waals surface area contributed by atoms with Crippen molar-refractivity contribution in [3.8, 4) is 5.75 Å². The molecule has 4 nitrogen and oxygen atoms in total. The number of rotatable bonds is 4. The van der Waals surface area contributed by atoms with Crippen molar-refractivity contribution in [1.29, 1.82) is 0 Å². The number of nitrogens with one attached hydrogen (secondary N) is 1. The minimum Gasteiger partial charge on any atom is -0.508 e. The lowest BCUT2D eigenvalue weighted by Gasteiger charge is -2.35. The molecule has 2 rings (SSSR count). The van der Waals surface area contributed by atoms with Crippen LogP contribution < -0.4 is 5.32 Å². The number of carbonyl (C=O) groups excluding carboxylic acids is 1. The standard InChI is InChI=1S/C19H30N2O2/c1-14(15-6-5-7-17(22)12-15)20-16-8-10-21(11-9-16)18(23)13-19(2,3)4/h5-7,12,14,16,20,22H,8-11,13H2,1-4H3/t14-/m1/s1. The molecular formula is C19H30N2O2. The molecule has 4 heteroatoms. The van der Waals surface area contributed by atoms with E-state index in [1.54, 1.807) is 12.1 Å². The second-order valence-corrected chi connectivity index (χ2v) is 7.88. The fourth-order valence-electron chi connectivity index (χ4n) is 3.10. The van der Waals surface area contributed by atoms with Crippen LogP contribution in [0.5, 0.6) is 5.75 Å². The molecule has 1 heterocycles. The van der Waals surface area contributed by atoms with Crippen LogP contribution in [-0.2, 0) is 4.79 Å². The van der Waals surface area contributed by atoms with Crippen molar-refractivity contribution in [2.24, 2.45) is 5.41 Å². The van der Waals surface area contributed by atoms with Gasteiger partial charge in [-0.1, -0.05) is 32.9 Å². The molecule has 1 aromatic rings.